The van der Waals surface area contributed by atoms with E-state index >= 15 is 0 Å². The van der Waals surface area contributed by atoms with Gasteiger partial charge < -0.3 is 0 Å². The molecule has 0 saturated carbocycles. The third-order valence-corrected chi connectivity index (χ3v) is 4.24. The smallest absolute Gasteiger partial charge is 0.0827 e. The van der Waals surface area contributed by atoms with E-state index in [4.69, 9.17) is 0 Å². The van der Waals surface area contributed by atoms with Crippen LogP contribution in [0.15, 0.2) is 30.5 Å². The lowest BCUT2D eigenvalue weighted by Gasteiger charge is -2.04. The van der Waals surface area contributed by atoms with Gasteiger partial charge in [0.1, 0.15) is 0 Å². The molecule has 1 aromatic heterocycles. The van der Waals surface area contributed by atoms with Crippen LogP contribution in [0.4, 0.5) is 0 Å². The largest absolute Gasteiger partial charge is 0.252 e. The molecular weight excluding hydrogens is 270 g/mol. The first-order chi connectivity index (χ1) is 10.8. The maximum Gasteiger partial charge on any atom is 0.0827 e. The number of nitrogens with zero attached hydrogens (tertiary/aromatic N) is 3. The van der Waals surface area contributed by atoms with Gasteiger partial charge in [-0.25, -0.2) is 0 Å². The summed E-state index contributed by atoms with van der Waals surface area (Å²) in [5.74, 6) is 0. The maximum atomic E-state index is 4.30. The van der Waals surface area contributed by atoms with Crippen LogP contribution in [0.2, 0.25) is 0 Å². The van der Waals surface area contributed by atoms with Crippen LogP contribution in [0, 0.1) is 6.92 Å². The molecule has 22 heavy (non-hydrogen) atoms. The Kier molecular flexibility index (Phi) is 7.14. The summed E-state index contributed by atoms with van der Waals surface area (Å²) < 4.78 is 1.98. The molecule has 0 unspecified atom stereocenters. The zero-order valence-electron chi connectivity index (χ0n) is 14.1. The van der Waals surface area contributed by atoms with Crippen molar-refractivity contribution in [3.8, 4) is 0 Å². The van der Waals surface area contributed by atoms with Crippen LogP contribution in [0.25, 0.3) is 0 Å². The van der Waals surface area contributed by atoms with Crippen LogP contribution in [0.3, 0.4) is 0 Å². The molecule has 1 heterocycles. The molecule has 3 nitrogen and oxygen atoms in total. The number of hydrogen-bond donors (Lipinski definition) is 0. The van der Waals surface area contributed by atoms with E-state index in [1.807, 2.05) is 4.68 Å². The molecule has 0 aliphatic heterocycles. The van der Waals surface area contributed by atoms with Crippen molar-refractivity contribution in [2.24, 2.45) is 0 Å². The van der Waals surface area contributed by atoms with Gasteiger partial charge in [-0.3, -0.25) is 4.68 Å². The summed E-state index contributed by atoms with van der Waals surface area (Å²) in [4.78, 5) is 0. The number of aromatic nitrogens is 3. The molecule has 0 saturated heterocycles. The van der Waals surface area contributed by atoms with Gasteiger partial charge in [-0.2, -0.15) is 0 Å². The number of rotatable bonds is 10. The minimum atomic E-state index is 0.911. The second-order valence-corrected chi connectivity index (χ2v) is 6.17. The third-order valence-electron chi connectivity index (χ3n) is 4.24. The second kappa shape index (κ2) is 9.39. The number of aryl methyl sites for hydroxylation is 4. The molecule has 0 atom stereocenters. The zero-order valence-corrected chi connectivity index (χ0v) is 14.1. The number of hydrogen-bond acceptors (Lipinski definition) is 2. The van der Waals surface area contributed by atoms with E-state index in [1.165, 1.54) is 49.7 Å². The molecule has 0 fully saturated rings. The van der Waals surface area contributed by atoms with Crippen molar-refractivity contribution in [3.05, 3.63) is 47.3 Å². The first-order valence-corrected chi connectivity index (χ1v) is 8.73. The minimum Gasteiger partial charge on any atom is -0.252 e. The molecule has 0 spiro atoms. The Morgan fingerprint density at radius 2 is 1.73 bits per heavy atom. The van der Waals surface area contributed by atoms with Gasteiger partial charge in [0.2, 0.25) is 0 Å². The Labute approximate surface area is 134 Å². The molecule has 1 aromatic carbocycles. The predicted octanol–water partition coefficient (Wildman–Crippen LogP) is 4.73. The Bertz CT molecular complexity index is 545. The van der Waals surface area contributed by atoms with Gasteiger partial charge in [0.05, 0.1) is 5.69 Å². The topological polar surface area (TPSA) is 30.7 Å². The van der Waals surface area contributed by atoms with E-state index in [-0.39, 0.29) is 0 Å². The van der Waals surface area contributed by atoms with Crippen molar-refractivity contribution in [1.82, 2.24) is 15.0 Å². The lowest BCUT2D eigenvalue weighted by molar-refractivity contribution is 0.587. The standard InChI is InChI=1S/C19H29N3/c1-3-4-5-6-7-8-13-19-16-22(21-20-19)15-14-18-12-10-9-11-17(18)2/h9-12,16H,3-8,13-15H2,1-2H3. The quantitative estimate of drug-likeness (QED) is 0.594. The Morgan fingerprint density at radius 1 is 0.955 bits per heavy atom. The molecule has 3 heteroatoms. The normalized spacial score (nSPS) is 11.0. The van der Waals surface area contributed by atoms with Gasteiger partial charge in [-0.15, -0.1) is 5.10 Å². The van der Waals surface area contributed by atoms with Gasteiger partial charge in [0.15, 0.2) is 0 Å². The van der Waals surface area contributed by atoms with Crippen LogP contribution in [0.1, 0.15) is 62.3 Å². The predicted molar refractivity (Wildman–Crippen MR) is 92.0 cm³/mol. The molecule has 0 aliphatic carbocycles. The molecule has 120 valence electrons. The van der Waals surface area contributed by atoms with E-state index in [0.717, 1.165) is 25.1 Å². The third kappa shape index (κ3) is 5.63. The van der Waals surface area contributed by atoms with Crippen molar-refractivity contribution in [2.45, 2.75) is 71.8 Å². The van der Waals surface area contributed by atoms with E-state index < -0.39 is 0 Å². The summed E-state index contributed by atoms with van der Waals surface area (Å²) in [6.45, 7) is 5.34. The summed E-state index contributed by atoms with van der Waals surface area (Å²) in [6, 6.07) is 8.56. The highest BCUT2D eigenvalue weighted by Crippen LogP contribution is 2.10. The molecule has 0 aliphatic rings. The highest BCUT2D eigenvalue weighted by molar-refractivity contribution is 5.25. The second-order valence-electron chi connectivity index (χ2n) is 6.17. The van der Waals surface area contributed by atoms with Crippen molar-refractivity contribution in [2.75, 3.05) is 0 Å². The van der Waals surface area contributed by atoms with Gasteiger partial charge >= 0.3 is 0 Å². The SMILES string of the molecule is CCCCCCCCc1cn(CCc2ccccc2C)nn1. The lowest BCUT2D eigenvalue weighted by atomic mass is 10.1. The number of benzene rings is 1. The van der Waals surface area contributed by atoms with Crippen LogP contribution in [-0.2, 0) is 19.4 Å². The summed E-state index contributed by atoms with van der Waals surface area (Å²) in [6.07, 6.45) is 12.2. The summed E-state index contributed by atoms with van der Waals surface area (Å²) in [5, 5.41) is 8.55. The van der Waals surface area contributed by atoms with Gasteiger partial charge in [-0.1, -0.05) is 68.5 Å². The van der Waals surface area contributed by atoms with Crippen molar-refractivity contribution in [3.63, 3.8) is 0 Å². The molecule has 0 amide bonds. The Hall–Kier alpha value is -1.64. The average Bonchev–Trinajstić information content (AvgIpc) is 2.98. The molecule has 0 N–H and O–H groups in total. The summed E-state index contributed by atoms with van der Waals surface area (Å²) in [5.41, 5.74) is 3.89. The van der Waals surface area contributed by atoms with E-state index in [2.05, 4.69) is 54.6 Å². The van der Waals surface area contributed by atoms with Crippen LogP contribution in [0.5, 0.6) is 0 Å². The van der Waals surface area contributed by atoms with Crippen LogP contribution >= 0.6 is 0 Å². The fraction of sp³-hybridized carbons (Fsp3) is 0.579. The van der Waals surface area contributed by atoms with Gasteiger partial charge in [0.25, 0.3) is 0 Å². The highest BCUT2D eigenvalue weighted by Gasteiger charge is 2.02. The van der Waals surface area contributed by atoms with Crippen LogP contribution in [-0.4, -0.2) is 15.0 Å². The average molecular weight is 299 g/mol. The highest BCUT2D eigenvalue weighted by atomic mass is 15.4. The number of unbranched alkanes of at least 4 members (excludes halogenated alkanes) is 5. The maximum absolute atomic E-state index is 4.30. The minimum absolute atomic E-state index is 0.911. The molecule has 2 aromatic rings. The van der Waals surface area contributed by atoms with Gasteiger partial charge in [0, 0.05) is 12.7 Å². The fourth-order valence-electron chi connectivity index (χ4n) is 2.77. The molecule has 0 bridgehead atoms. The van der Waals surface area contributed by atoms with Crippen molar-refractivity contribution >= 4 is 0 Å². The van der Waals surface area contributed by atoms with Crippen molar-refractivity contribution < 1.29 is 0 Å². The van der Waals surface area contributed by atoms with E-state index in [9.17, 15) is 0 Å². The Balaban J connectivity index is 1.69. The van der Waals surface area contributed by atoms with Crippen molar-refractivity contribution in [1.29, 1.82) is 0 Å². The summed E-state index contributed by atoms with van der Waals surface area (Å²) in [7, 11) is 0. The zero-order chi connectivity index (χ0) is 15.6. The summed E-state index contributed by atoms with van der Waals surface area (Å²) >= 11 is 0. The fourth-order valence-corrected chi connectivity index (χ4v) is 2.77. The monoisotopic (exact) mass is 299 g/mol. The molecule has 0 radical (unpaired) electrons. The van der Waals surface area contributed by atoms with Gasteiger partial charge in [-0.05, 0) is 37.3 Å². The first kappa shape index (κ1) is 16.7. The molecular formula is C19H29N3. The first-order valence-electron chi connectivity index (χ1n) is 8.73. The van der Waals surface area contributed by atoms with Crippen LogP contribution < -0.4 is 0 Å². The molecule has 2 rings (SSSR count). The van der Waals surface area contributed by atoms with E-state index in [1.54, 1.807) is 0 Å². The lowest BCUT2D eigenvalue weighted by Crippen LogP contribution is -2.03. The van der Waals surface area contributed by atoms with E-state index in [0.29, 0.717) is 0 Å². The Morgan fingerprint density at radius 3 is 2.55 bits per heavy atom.